The summed E-state index contributed by atoms with van der Waals surface area (Å²) in [7, 11) is 0. The second-order valence-electron chi connectivity index (χ2n) is 8.64. The Hall–Kier alpha value is -3.09. The van der Waals surface area contributed by atoms with Crippen LogP contribution in [0.5, 0.6) is 5.75 Å². The molecule has 1 aliphatic heterocycles. The van der Waals surface area contributed by atoms with E-state index in [0.717, 1.165) is 36.8 Å². The average Bonchev–Trinajstić information content (AvgIpc) is 2.82. The van der Waals surface area contributed by atoms with Gasteiger partial charge in [0.15, 0.2) is 6.61 Å². The van der Waals surface area contributed by atoms with Gasteiger partial charge in [0.1, 0.15) is 11.9 Å². The normalized spacial score (nSPS) is 21.3. The van der Waals surface area contributed by atoms with Crippen LogP contribution < -0.4 is 4.74 Å². The second-order valence-corrected chi connectivity index (χ2v) is 8.64. The number of hydrogen-bond donors (Lipinski definition) is 2. The number of carboxylic acid groups (broad SMARTS) is 1. The maximum atomic E-state index is 10.9. The first-order valence-electron chi connectivity index (χ1n) is 11.4. The van der Waals surface area contributed by atoms with Crippen LogP contribution in [0, 0.1) is 5.92 Å². The van der Waals surface area contributed by atoms with Crippen LogP contribution in [0.15, 0.2) is 72.5 Å². The number of fused-ring (bicyclic) bond motifs is 1. The molecule has 33 heavy (non-hydrogen) atoms. The van der Waals surface area contributed by atoms with Crippen LogP contribution in [0.3, 0.4) is 0 Å². The molecule has 0 saturated heterocycles. The van der Waals surface area contributed by atoms with Crippen molar-refractivity contribution in [3.8, 4) is 5.75 Å². The smallest absolute Gasteiger partial charge is 0.341 e. The molecular weight excluding hydrogens is 420 g/mol. The number of ether oxygens (including phenoxy) is 3. The van der Waals surface area contributed by atoms with E-state index in [9.17, 15) is 9.90 Å². The number of rotatable bonds is 9. The van der Waals surface area contributed by atoms with Gasteiger partial charge in [0, 0.05) is 5.57 Å². The fourth-order valence-corrected chi connectivity index (χ4v) is 4.71. The number of aliphatic hydroxyl groups excluding tert-OH is 1. The van der Waals surface area contributed by atoms with Crippen LogP contribution in [0.1, 0.15) is 42.6 Å². The second kappa shape index (κ2) is 10.7. The Labute approximate surface area is 194 Å². The third kappa shape index (κ3) is 5.83. The lowest BCUT2D eigenvalue weighted by Crippen LogP contribution is -2.27. The van der Waals surface area contributed by atoms with Crippen molar-refractivity contribution in [2.24, 2.45) is 5.92 Å². The Morgan fingerprint density at radius 1 is 1.18 bits per heavy atom. The molecule has 2 aromatic carbocycles. The molecule has 4 atom stereocenters. The first kappa shape index (κ1) is 23.1. The molecule has 6 nitrogen and oxygen atoms in total. The summed E-state index contributed by atoms with van der Waals surface area (Å²) in [5.74, 6) is 0.146. The number of benzene rings is 2. The van der Waals surface area contributed by atoms with Gasteiger partial charge in [-0.25, -0.2) is 4.79 Å². The first-order valence-corrected chi connectivity index (χ1v) is 11.4. The van der Waals surface area contributed by atoms with Crippen LogP contribution in [-0.4, -0.2) is 35.2 Å². The molecule has 1 aliphatic carbocycles. The zero-order valence-electron chi connectivity index (χ0n) is 18.7. The molecule has 4 unspecified atom stereocenters. The van der Waals surface area contributed by atoms with E-state index in [1.54, 1.807) is 6.08 Å². The molecular formula is C27H30O6. The summed E-state index contributed by atoms with van der Waals surface area (Å²) in [6.07, 6.45) is 7.27. The molecule has 0 bridgehead atoms. The molecule has 174 valence electrons. The number of carbonyl (C=O) groups is 1. The van der Waals surface area contributed by atoms with Gasteiger partial charge in [-0.2, -0.15) is 0 Å². The molecule has 4 rings (SSSR count). The monoisotopic (exact) mass is 450 g/mol. The maximum absolute atomic E-state index is 10.9. The van der Waals surface area contributed by atoms with Crippen LogP contribution >= 0.6 is 0 Å². The fourth-order valence-electron chi connectivity index (χ4n) is 4.71. The summed E-state index contributed by atoms with van der Waals surface area (Å²) in [6, 6.07) is 15.7. The molecule has 0 radical (unpaired) electrons. The molecule has 2 aromatic rings. The van der Waals surface area contributed by atoms with Crippen molar-refractivity contribution < 1.29 is 29.2 Å². The molecule has 0 saturated carbocycles. The van der Waals surface area contributed by atoms with Gasteiger partial charge >= 0.3 is 5.97 Å². The van der Waals surface area contributed by atoms with Gasteiger partial charge in [0.25, 0.3) is 0 Å². The summed E-state index contributed by atoms with van der Waals surface area (Å²) in [5, 5.41) is 19.3. The number of aliphatic hydroxyl groups is 1. The van der Waals surface area contributed by atoms with E-state index in [4.69, 9.17) is 19.3 Å². The van der Waals surface area contributed by atoms with Crippen molar-refractivity contribution >= 4 is 5.97 Å². The third-order valence-corrected chi connectivity index (χ3v) is 6.19. The van der Waals surface area contributed by atoms with Crippen LogP contribution in [-0.2, 0) is 27.1 Å². The van der Waals surface area contributed by atoms with Gasteiger partial charge in [-0.15, -0.1) is 0 Å². The van der Waals surface area contributed by atoms with E-state index in [1.807, 2.05) is 48.5 Å². The zero-order valence-corrected chi connectivity index (χ0v) is 18.7. The molecule has 0 aromatic heterocycles. The minimum absolute atomic E-state index is 0.0350. The average molecular weight is 451 g/mol. The van der Waals surface area contributed by atoms with E-state index in [2.05, 4.69) is 13.0 Å². The van der Waals surface area contributed by atoms with E-state index < -0.39 is 18.4 Å². The zero-order chi connectivity index (χ0) is 23.2. The highest BCUT2D eigenvalue weighted by atomic mass is 16.6. The van der Waals surface area contributed by atoms with Crippen molar-refractivity contribution in [2.75, 3.05) is 6.61 Å². The lowest BCUT2D eigenvalue weighted by Gasteiger charge is -2.32. The largest absolute Gasteiger partial charge is 0.482 e. The lowest BCUT2D eigenvalue weighted by molar-refractivity contribution is -0.139. The Morgan fingerprint density at radius 3 is 2.76 bits per heavy atom. The van der Waals surface area contributed by atoms with Crippen molar-refractivity contribution in [2.45, 2.75) is 51.1 Å². The van der Waals surface area contributed by atoms with Gasteiger partial charge in [0.2, 0.25) is 6.29 Å². The van der Waals surface area contributed by atoms with Gasteiger partial charge < -0.3 is 24.4 Å². The van der Waals surface area contributed by atoms with Crippen LogP contribution in [0.25, 0.3) is 0 Å². The summed E-state index contributed by atoms with van der Waals surface area (Å²) in [5.41, 5.74) is 3.99. The van der Waals surface area contributed by atoms with Crippen molar-refractivity contribution in [1.82, 2.24) is 0 Å². The van der Waals surface area contributed by atoms with Crippen molar-refractivity contribution in [1.29, 1.82) is 0 Å². The minimum atomic E-state index is -1.03. The van der Waals surface area contributed by atoms with E-state index >= 15 is 0 Å². The highest BCUT2D eigenvalue weighted by molar-refractivity contribution is 5.68. The molecule has 6 heteroatoms. The summed E-state index contributed by atoms with van der Waals surface area (Å²) in [6.45, 7) is 1.75. The summed E-state index contributed by atoms with van der Waals surface area (Å²) in [4.78, 5) is 10.9. The van der Waals surface area contributed by atoms with Gasteiger partial charge in [-0.1, -0.05) is 48.5 Å². The van der Waals surface area contributed by atoms with Crippen molar-refractivity contribution in [3.05, 3.63) is 89.2 Å². The Bertz CT molecular complexity index is 1010. The quantitative estimate of drug-likeness (QED) is 0.582. The standard InChI is InChI=1S/C27H30O6/c1-18(33-26(20-7-3-2-4-8-20)23-10-6-14-31-27(23)30)15-19-12-13-22-21(16-19)9-5-11-24(22)32-17-25(28)29/h2-11,14,18-19,26-27,30H,12-13,15-17H2,1H3,(H,28,29). The third-order valence-electron chi connectivity index (χ3n) is 6.19. The number of hydrogen-bond acceptors (Lipinski definition) is 5. The van der Waals surface area contributed by atoms with E-state index in [0.29, 0.717) is 17.2 Å². The lowest BCUT2D eigenvalue weighted by atomic mass is 9.81. The Kier molecular flexibility index (Phi) is 7.47. The summed E-state index contributed by atoms with van der Waals surface area (Å²) >= 11 is 0. The highest BCUT2D eigenvalue weighted by Crippen LogP contribution is 2.36. The van der Waals surface area contributed by atoms with Gasteiger partial charge in [-0.3, -0.25) is 0 Å². The van der Waals surface area contributed by atoms with Gasteiger partial charge in [0.05, 0.1) is 12.4 Å². The molecule has 0 spiro atoms. The SMILES string of the molecule is CC(CC1CCc2c(cccc2OCC(=O)O)C1)OC(C1=CC=COC1O)c1ccccc1. The predicted octanol–water partition coefficient (Wildman–Crippen LogP) is 4.58. The predicted molar refractivity (Wildman–Crippen MR) is 124 cm³/mol. The molecule has 0 amide bonds. The highest BCUT2D eigenvalue weighted by Gasteiger charge is 2.29. The molecule has 2 aliphatic rings. The van der Waals surface area contributed by atoms with Crippen molar-refractivity contribution in [3.63, 3.8) is 0 Å². The number of aliphatic carboxylic acids is 1. The topological polar surface area (TPSA) is 85.2 Å². The molecule has 1 heterocycles. The van der Waals surface area contributed by atoms with Crippen LogP contribution in [0.4, 0.5) is 0 Å². The molecule has 2 N–H and O–H groups in total. The summed E-state index contributed by atoms with van der Waals surface area (Å²) < 4.78 is 17.3. The van der Waals surface area contributed by atoms with Crippen LogP contribution in [0.2, 0.25) is 0 Å². The fraction of sp³-hybridized carbons (Fsp3) is 0.370. The maximum Gasteiger partial charge on any atom is 0.341 e. The number of allylic oxidation sites excluding steroid dienone is 2. The number of carboxylic acids is 1. The van der Waals surface area contributed by atoms with Gasteiger partial charge in [-0.05, 0) is 67.4 Å². The molecule has 0 fully saturated rings. The minimum Gasteiger partial charge on any atom is -0.482 e. The van der Waals surface area contributed by atoms with E-state index in [-0.39, 0.29) is 12.7 Å². The first-order chi connectivity index (χ1) is 16.0. The Balaban J connectivity index is 1.43. The Morgan fingerprint density at radius 2 is 2.00 bits per heavy atom. The van der Waals surface area contributed by atoms with E-state index in [1.165, 1.54) is 11.8 Å².